The van der Waals surface area contributed by atoms with E-state index in [9.17, 15) is 24.6 Å². The summed E-state index contributed by atoms with van der Waals surface area (Å²) in [6, 6.07) is 16.0. The average molecular weight is 440 g/mol. The molecule has 0 heterocycles. The zero-order valence-corrected chi connectivity index (χ0v) is 18.3. The van der Waals surface area contributed by atoms with Crippen molar-refractivity contribution in [2.45, 2.75) is 44.2 Å². The zero-order chi connectivity index (χ0) is 23.5. The first-order chi connectivity index (χ1) is 15.1. The number of aliphatic hydroxyl groups excluding tert-OH is 1. The maximum atomic E-state index is 12.5. The molecule has 0 bridgehead atoms. The van der Waals surface area contributed by atoms with E-state index in [1.54, 1.807) is 13.8 Å². The van der Waals surface area contributed by atoms with Gasteiger partial charge in [-0.2, -0.15) is 0 Å². The molecule has 1 aliphatic rings. The Morgan fingerprint density at radius 2 is 1.47 bits per heavy atom. The second-order valence-electron chi connectivity index (χ2n) is 8.85. The number of carboxylic acids is 1. The summed E-state index contributed by atoms with van der Waals surface area (Å²) in [4.78, 5) is 36.0. The molecule has 8 heteroatoms. The molecule has 0 saturated carbocycles. The number of hydrogen-bond donors (Lipinski definition) is 4. The van der Waals surface area contributed by atoms with Crippen LogP contribution in [0, 0.1) is 0 Å². The van der Waals surface area contributed by atoms with Gasteiger partial charge >= 0.3 is 12.1 Å². The monoisotopic (exact) mass is 440 g/mol. The van der Waals surface area contributed by atoms with Gasteiger partial charge in [-0.1, -0.05) is 48.5 Å². The molecule has 1 atom stereocenters. The van der Waals surface area contributed by atoms with Crippen molar-refractivity contribution in [2.24, 2.45) is 0 Å². The number of carboxylic acid groups (broad SMARTS) is 1. The molecule has 0 fully saturated rings. The highest BCUT2D eigenvalue weighted by molar-refractivity contribution is 5.87. The van der Waals surface area contributed by atoms with Crippen LogP contribution in [0.5, 0.6) is 0 Å². The molecule has 2 amide bonds. The molecule has 8 nitrogen and oxygen atoms in total. The number of hydrogen-bond acceptors (Lipinski definition) is 5. The molecule has 3 rings (SSSR count). The topological polar surface area (TPSA) is 125 Å². The minimum absolute atomic E-state index is 0.0830. The van der Waals surface area contributed by atoms with Crippen molar-refractivity contribution in [2.75, 3.05) is 13.2 Å². The van der Waals surface area contributed by atoms with Gasteiger partial charge in [-0.15, -0.1) is 0 Å². The molecule has 4 N–H and O–H groups in total. The van der Waals surface area contributed by atoms with Crippen LogP contribution in [0.25, 0.3) is 11.1 Å². The second kappa shape index (κ2) is 9.00. The number of amides is 2. The number of alkyl carbamates (subject to hydrolysis) is 1. The van der Waals surface area contributed by atoms with Crippen molar-refractivity contribution >= 4 is 18.0 Å². The van der Waals surface area contributed by atoms with E-state index in [2.05, 4.69) is 10.6 Å². The smallest absolute Gasteiger partial charge is 0.407 e. The van der Waals surface area contributed by atoms with Gasteiger partial charge in [-0.25, -0.2) is 9.59 Å². The van der Waals surface area contributed by atoms with Crippen molar-refractivity contribution in [3.63, 3.8) is 0 Å². The Morgan fingerprint density at radius 3 is 1.97 bits per heavy atom. The van der Waals surface area contributed by atoms with E-state index in [-0.39, 0.29) is 18.9 Å². The van der Waals surface area contributed by atoms with Gasteiger partial charge in [0.05, 0.1) is 6.61 Å². The predicted molar refractivity (Wildman–Crippen MR) is 118 cm³/mol. The van der Waals surface area contributed by atoms with Crippen LogP contribution in [0.3, 0.4) is 0 Å². The van der Waals surface area contributed by atoms with Crippen molar-refractivity contribution in [1.29, 1.82) is 0 Å². The van der Waals surface area contributed by atoms with Crippen LogP contribution < -0.4 is 10.6 Å². The molecule has 0 radical (unpaired) electrons. The first-order valence-electron chi connectivity index (χ1n) is 10.3. The highest BCUT2D eigenvalue weighted by Crippen LogP contribution is 2.44. The van der Waals surface area contributed by atoms with Gasteiger partial charge < -0.3 is 25.6 Å². The van der Waals surface area contributed by atoms with E-state index >= 15 is 0 Å². The van der Waals surface area contributed by atoms with Crippen LogP contribution in [-0.4, -0.2) is 52.5 Å². The second-order valence-corrected chi connectivity index (χ2v) is 8.85. The normalized spacial score (nSPS) is 14.6. The van der Waals surface area contributed by atoms with Gasteiger partial charge in [-0.05, 0) is 43.0 Å². The van der Waals surface area contributed by atoms with E-state index in [4.69, 9.17) is 4.74 Å². The summed E-state index contributed by atoms with van der Waals surface area (Å²) >= 11 is 0. The van der Waals surface area contributed by atoms with Crippen LogP contribution in [0.2, 0.25) is 0 Å². The van der Waals surface area contributed by atoms with E-state index in [1.165, 1.54) is 6.92 Å². The number of fused-ring (bicyclic) bond motifs is 3. The Bertz CT molecular complexity index is 989. The van der Waals surface area contributed by atoms with E-state index < -0.39 is 35.7 Å². The molecular formula is C24H28N2O6. The molecule has 1 aliphatic carbocycles. The summed E-state index contributed by atoms with van der Waals surface area (Å²) in [5, 5.41) is 23.4. The molecule has 0 saturated heterocycles. The highest BCUT2D eigenvalue weighted by atomic mass is 16.5. The van der Waals surface area contributed by atoms with E-state index in [1.807, 2.05) is 48.5 Å². The first-order valence-corrected chi connectivity index (χ1v) is 10.3. The van der Waals surface area contributed by atoms with Gasteiger partial charge in [0.1, 0.15) is 6.61 Å². The third kappa shape index (κ3) is 4.91. The Hall–Kier alpha value is -3.39. The average Bonchev–Trinajstić information content (AvgIpc) is 3.05. The SMILES string of the molecule is CC(C)(CC(=O)NC(C)(CO)C(=O)O)NC(=O)OCC1c2ccccc2-c2ccccc21. The minimum atomic E-state index is -1.79. The van der Waals surface area contributed by atoms with E-state index in [0.717, 1.165) is 22.3 Å². The van der Waals surface area contributed by atoms with Gasteiger partial charge in [0.15, 0.2) is 5.54 Å². The molecular weight excluding hydrogens is 412 g/mol. The van der Waals surface area contributed by atoms with Crippen molar-refractivity contribution < 1.29 is 29.3 Å². The zero-order valence-electron chi connectivity index (χ0n) is 18.3. The molecule has 1 unspecified atom stereocenters. The van der Waals surface area contributed by atoms with Crippen molar-refractivity contribution in [3.8, 4) is 11.1 Å². The van der Waals surface area contributed by atoms with Gasteiger partial charge in [0.2, 0.25) is 5.91 Å². The molecule has 32 heavy (non-hydrogen) atoms. The lowest BCUT2D eigenvalue weighted by atomic mass is 9.98. The van der Waals surface area contributed by atoms with Crippen LogP contribution in [0.1, 0.15) is 44.2 Å². The number of carbonyl (C=O) groups is 3. The summed E-state index contributed by atoms with van der Waals surface area (Å²) in [7, 11) is 0. The van der Waals surface area contributed by atoms with Crippen molar-refractivity contribution in [3.05, 3.63) is 59.7 Å². The maximum Gasteiger partial charge on any atom is 0.407 e. The molecule has 0 spiro atoms. The fourth-order valence-corrected chi connectivity index (χ4v) is 3.87. The summed E-state index contributed by atoms with van der Waals surface area (Å²) in [6.07, 6.45) is -0.868. The predicted octanol–water partition coefficient (Wildman–Crippen LogP) is 2.65. The van der Waals surface area contributed by atoms with Crippen molar-refractivity contribution in [1.82, 2.24) is 10.6 Å². The Morgan fingerprint density at radius 1 is 0.938 bits per heavy atom. The lowest BCUT2D eigenvalue weighted by molar-refractivity contribution is -0.148. The Kier molecular flexibility index (Phi) is 6.55. The Labute approximate surface area is 186 Å². The van der Waals surface area contributed by atoms with Gasteiger partial charge in [0.25, 0.3) is 0 Å². The summed E-state index contributed by atoms with van der Waals surface area (Å²) in [5.74, 6) is -2.05. The lowest BCUT2D eigenvalue weighted by Crippen LogP contribution is -2.57. The van der Waals surface area contributed by atoms with Crippen LogP contribution in [0.15, 0.2) is 48.5 Å². The number of benzene rings is 2. The number of rotatable bonds is 8. The largest absolute Gasteiger partial charge is 0.479 e. The first kappa shape index (κ1) is 23.3. The summed E-state index contributed by atoms with van der Waals surface area (Å²) in [6.45, 7) is 3.85. The lowest BCUT2D eigenvalue weighted by Gasteiger charge is -2.29. The quantitative estimate of drug-likeness (QED) is 0.500. The maximum absolute atomic E-state index is 12.5. The molecule has 170 valence electrons. The fourth-order valence-electron chi connectivity index (χ4n) is 3.87. The number of aliphatic hydroxyl groups is 1. The van der Waals surface area contributed by atoms with Gasteiger partial charge in [-0.3, -0.25) is 4.79 Å². The highest BCUT2D eigenvalue weighted by Gasteiger charge is 2.36. The number of carbonyl (C=O) groups excluding carboxylic acids is 2. The number of ether oxygens (including phenoxy) is 1. The summed E-state index contributed by atoms with van der Waals surface area (Å²) < 4.78 is 5.50. The molecule has 2 aromatic carbocycles. The van der Waals surface area contributed by atoms with Crippen LogP contribution >= 0.6 is 0 Å². The third-order valence-electron chi connectivity index (χ3n) is 5.59. The van der Waals surface area contributed by atoms with E-state index in [0.29, 0.717) is 0 Å². The standard InChI is InChI=1S/C24H28N2O6/c1-23(2,12-20(28)25-24(3,14-27)21(29)30)26-22(31)32-13-19-17-10-6-4-8-15(17)16-9-5-7-11-18(16)19/h4-11,19,27H,12-14H2,1-3H3,(H,25,28)(H,26,31)(H,29,30). The van der Waals surface area contributed by atoms with Crippen LogP contribution in [0.4, 0.5) is 4.79 Å². The van der Waals surface area contributed by atoms with Gasteiger partial charge in [0, 0.05) is 17.9 Å². The molecule has 2 aromatic rings. The number of aliphatic carboxylic acids is 1. The third-order valence-corrected chi connectivity index (χ3v) is 5.59. The molecule has 0 aliphatic heterocycles. The number of nitrogens with one attached hydrogen (secondary N) is 2. The Balaban J connectivity index is 1.60. The van der Waals surface area contributed by atoms with Crippen LogP contribution in [-0.2, 0) is 14.3 Å². The fraction of sp³-hybridized carbons (Fsp3) is 0.375. The minimum Gasteiger partial charge on any atom is -0.479 e. The summed E-state index contributed by atoms with van der Waals surface area (Å²) in [5.41, 5.74) is 1.64. The molecule has 0 aromatic heterocycles.